The summed E-state index contributed by atoms with van der Waals surface area (Å²) in [5, 5.41) is 12.3. The molecule has 0 unspecified atom stereocenters. The van der Waals surface area contributed by atoms with E-state index in [1.54, 1.807) is 6.07 Å². The molecule has 1 aliphatic rings. The highest BCUT2D eigenvalue weighted by atomic mass is 35.5. The third-order valence-corrected chi connectivity index (χ3v) is 3.63. The molecule has 3 rings (SSSR count). The Kier molecular flexibility index (Phi) is 4.06. The van der Waals surface area contributed by atoms with Crippen LogP contribution in [-0.2, 0) is 0 Å². The van der Waals surface area contributed by atoms with Gasteiger partial charge >= 0.3 is 0 Å². The van der Waals surface area contributed by atoms with Gasteiger partial charge in [-0.3, -0.25) is 4.79 Å². The Morgan fingerprint density at radius 1 is 1.32 bits per heavy atom. The van der Waals surface area contributed by atoms with Crippen molar-refractivity contribution < 1.29 is 9.90 Å². The highest BCUT2D eigenvalue weighted by molar-refractivity contribution is 6.34. The predicted molar refractivity (Wildman–Crippen MR) is 82.3 cm³/mol. The first-order valence-electron chi connectivity index (χ1n) is 6.88. The van der Waals surface area contributed by atoms with Gasteiger partial charge in [-0.25, -0.2) is 15.0 Å². The van der Waals surface area contributed by atoms with E-state index in [4.69, 9.17) is 11.6 Å². The molecule has 8 heteroatoms. The van der Waals surface area contributed by atoms with E-state index in [-0.39, 0.29) is 22.3 Å². The van der Waals surface area contributed by atoms with E-state index in [0.717, 1.165) is 25.9 Å². The largest absolute Gasteiger partial charge is 0.504 e. The molecular formula is C14H14ClN5O2. The predicted octanol–water partition coefficient (Wildman–Crippen LogP) is 2.08. The van der Waals surface area contributed by atoms with E-state index in [9.17, 15) is 9.90 Å². The van der Waals surface area contributed by atoms with E-state index in [1.165, 1.54) is 18.5 Å². The SMILES string of the molecule is O=C(Nc1ncccc1O)c1nc(N2CCCC2)ncc1Cl. The number of hydrogen-bond acceptors (Lipinski definition) is 6. The number of nitrogens with one attached hydrogen (secondary N) is 1. The Morgan fingerprint density at radius 3 is 2.82 bits per heavy atom. The molecule has 0 aliphatic carbocycles. The van der Waals surface area contributed by atoms with E-state index >= 15 is 0 Å². The van der Waals surface area contributed by atoms with Crippen LogP contribution in [0.5, 0.6) is 5.75 Å². The summed E-state index contributed by atoms with van der Waals surface area (Å²) in [6, 6.07) is 2.99. The Bertz CT molecular complexity index is 703. The Morgan fingerprint density at radius 2 is 2.09 bits per heavy atom. The van der Waals surface area contributed by atoms with Crippen molar-refractivity contribution in [3.05, 3.63) is 35.2 Å². The van der Waals surface area contributed by atoms with Crippen molar-refractivity contribution in [2.75, 3.05) is 23.3 Å². The fourth-order valence-corrected chi connectivity index (χ4v) is 2.42. The lowest BCUT2D eigenvalue weighted by Gasteiger charge is -2.15. The second-order valence-corrected chi connectivity index (χ2v) is 5.29. The quantitative estimate of drug-likeness (QED) is 0.900. The number of nitrogens with zero attached hydrogens (tertiary/aromatic N) is 4. The molecule has 2 aromatic rings. The number of pyridine rings is 1. The summed E-state index contributed by atoms with van der Waals surface area (Å²) in [7, 11) is 0. The summed E-state index contributed by atoms with van der Waals surface area (Å²) in [5.41, 5.74) is 0.0589. The molecule has 1 fully saturated rings. The molecule has 0 spiro atoms. The van der Waals surface area contributed by atoms with Gasteiger partial charge in [0.1, 0.15) is 0 Å². The Labute approximate surface area is 132 Å². The number of anilines is 2. The molecule has 7 nitrogen and oxygen atoms in total. The maximum atomic E-state index is 12.3. The van der Waals surface area contributed by atoms with Crippen LogP contribution in [0.25, 0.3) is 0 Å². The monoisotopic (exact) mass is 319 g/mol. The molecule has 22 heavy (non-hydrogen) atoms. The number of halogens is 1. The maximum absolute atomic E-state index is 12.3. The summed E-state index contributed by atoms with van der Waals surface area (Å²) < 4.78 is 0. The first-order valence-corrected chi connectivity index (χ1v) is 7.26. The molecule has 0 atom stereocenters. The summed E-state index contributed by atoms with van der Waals surface area (Å²) in [4.78, 5) is 26.6. The molecular weight excluding hydrogens is 306 g/mol. The van der Waals surface area contributed by atoms with Crippen LogP contribution in [-0.4, -0.2) is 39.1 Å². The zero-order valence-corrected chi connectivity index (χ0v) is 12.4. The molecule has 1 aliphatic heterocycles. The van der Waals surface area contributed by atoms with Crippen LogP contribution in [0.4, 0.5) is 11.8 Å². The van der Waals surface area contributed by atoms with Crippen LogP contribution in [0.3, 0.4) is 0 Å². The number of carbonyl (C=O) groups excluding carboxylic acids is 1. The fraction of sp³-hybridized carbons (Fsp3) is 0.286. The molecule has 2 aromatic heterocycles. The van der Waals surface area contributed by atoms with Gasteiger partial charge in [-0.15, -0.1) is 0 Å². The van der Waals surface area contributed by atoms with Gasteiger partial charge in [0.2, 0.25) is 5.95 Å². The van der Waals surface area contributed by atoms with Gasteiger partial charge < -0.3 is 15.3 Å². The molecule has 114 valence electrons. The van der Waals surface area contributed by atoms with Crippen LogP contribution < -0.4 is 10.2 Å². The minimum atomic E-state index is -0.540. The van der Waals surface area contributed by atoms with E-state index in [1.807, 2.05) is 4.90 Å². The molecule has 1 saturated heterocycles. The molecule has 0 radical (unpaired) electrons. The number of amides is 1. The van der Waals surface area contributed by atoms with Crippen LogP contribution in [0, 0.1) is 0 Å². The highest BCUT2D eigenvalue weighted by Crippen LogP contribution is 2.23. The van der Waals surface area contributed by atoms with Crippen LogP contribution in [0.1, 0.15) is 23.3 Å². The molecule has 3 heterocycles. The zero-order valence-electron chi connectivity index (χ0n) is 11.7. The van der Waals surface area contributed by atoms with E-state index < -0.39 is 5.91 Å². The third kappa shape index (κ3) is 2.94. The molecule has 1 amide bonds. The second-order valence-electron chi connectivity index (χ2n) is 4.89. The summed E-state index contributed by atoms with van der Waals surface area (Å²) >= 11 is 6.02. The Balaban J connectivity index is 1.85. The van der Waals surface area contributed by atoms with Gasteiger partial charge in [-0.1, -0.05) is 11.6 Å². The number of rotatable bonds is 3. The van der Waals surface area contributed by atoms with E-state index in [0.29, 0.717) is 5.95 Å². The topological polar surface area (TPSA) is 91.2 Å². The fourth-order valence-electron chi connectivity index (χ4n) is 2.25. The van der Waals surface area contributed by atoms with Crippen molar-refractivity contribution in [3.63, 3.8) is 0 Å². The van der Waals surface area contributed by atoms with Crippen molar-refractivity contribution >= 4 is 29.3 Å². The molecule has 0 bridgehead atoms. The van der Waals surface area contributed by atoms with Crippen LogP contribution in [0.2, 0.25) is 5.02 Å². The van der Waals surface area contributed by atoms with Gasteiger partial charge in [0.15, 0.2) is 17.3 Å². The summed E-state index contributed by atoms with van der Waals surface area (Å²) in [6.07, 6.45) is 5.03. The lowest BCUT2D eigenvalue weighted by Crippen LogP contribution is -2.23. The normalized spacial score (nSPS) is 14.1. The lowest BCUT2D eigenvalue weighted by atomic mass is 10.3. The molecule has 2 N–H and O–H groups in total. The van der Waals surface area contributed by atoms with Crippen molar-refractivity contribution in [1.82, 2.24) is 15.0 Å². The van der Waals surface area contributed by atoms with Gasteiger partial charge in [0.25, 0.3) is 5.91 Å². The molecule has 0 saturated carbocycles. The highest BCUT2D eigenvalue weighted by Gasteiger charge is 2.20. The first kappa shape index (κ1) is 14.5. The Hall–Kier alpha value is -2.41. The average Bonchev–Trinajstić information content (AvgIpc) is 3.04. The van der Waals surface area contributed by atoms with Crippen molar-refractivity contribution in [2.45, 2.75) is 12.8 Å². The average molecular weight is 320 g/mol. The zero-order chi connectivity index (χ0) is 15.5. The second kappa shape index (κ2) is 6.15. The van der Waals surface area contributed by atoms with Crippen molar-refractivity contribution in [2.24, 2.45) is 0 Å². The van der Waals surface area contributed by atoms with Crippen molar-refractivity contribution in [1.29, 1.82) is 0 Å². The van der Waals surface area contributed by atoms with E-state index in [2.05, 4.69) is 20.3 Å². The number of aromatic nitrogens is 3. The van der Waals surface area contributed by atoms with Gasteiger partial charge in [0, 0.05) is 19.3 Å². The number of hydrogen-bond donors (Lipinski definition) is 2. The lowest BCUT2D eigenvalue weighted by molar-refractivity contribution is 0.102. The number of carbonyl (C=O) groups is 1. The van der Waals surface area contributed by atoms with Crippen LogP contribution >= 0.6 is 11.6 Å². The summed E-state index contributed by atoms with van der Waals surface area (Å²) in [6.45, 7) is 1.73. The smallest absolute Gasteiger partial charge is 0.277 e. The first-order chi connectivity index (χ1) is 10.6. The van der Waals surface area contributed by atoms with Gasteiger partial charge in [-0.05, 0) is 25.0 Å². The van der Waals surface area contributed by atoms with Gasteiger partial charge in [0.05, 0.1) is 11.2 Å². The maximum Gasteiger partial charge on any atom is 0.277 e. The van der Waals surface area contributed by atoms with Gasteiger partial charge in [-0.2, -0.15) is 0 Å². The number of aromatic hydroxyl groups is 1. The standard InChI is InChI=1S/C14H14ClN5O2/c15-9-8-17-14(20-6-1-2-7-20)18-11(9)13(22)19-12-10(21)4-3-5-16-12/h3-5,8,21H,1-2,6-7H2,(H,16,19,22). The minimum Gasteiger partial charge on any atom is -0.504 e. The third-order valence-electron chi connectivity index (χ3n) is 3.35. The van der Waals surface area contributed by atoms with Crippen LogP contribution in [0.15, 0.2) is 24.5 Å². The molecule has 0 aromatic carbocycles. The minimum absolute atomic E-state index is 0.0589. The summed E-state index contributed by atoms with van der Waals surface area (Å²) in [5.74, 6) is -0.121. The van der Waals surface area contributed by atoms with Crippen molar-refractivity contribution in [3.8, 4) is 5.75 Å².